The number of carbonyl (C=O) groups excluding carboxylic acids is 2. The summed E-state index contributed by atoms with van der Waals surface area (Å²) in [6.07, 6.45) is -0.560. The van der Waals surface area contributed by atoms with Gasteiger partial charge in [-0.1, -0.05) is 48.5 Å². The molecule has 1 aliphatic rings. The Bertz CT molecular complexity index is 897. The zero-order chi connectivity index (χ0) is 21.0. The first-order chi connectivity index (χ1) is 13.8. The van der Waals surface area contributed by atoms with E-state index in [-0.39, 0.29) is 31.8 Å². The van der Waals surface area contributed by atoms with E-state index in [1.54, 1.807) is 0 Å². The largest absolute Gasteiger partial charge is 0.481 e. The summed E-state index contributed by atoms with van der Waals surface area (Å²) in [7, 11) is 0. The van der Waals surface area contributed by atoms with Gasteiger partial charge in [-0.3, -0.25) is 9.59 Å². The summed E-state index contributed by atoms with van der Waals surface area (Å²) in [5.74, 6) is -1.81. The summed E-state index contributed by atoms with van der Waals surface area (Å²) in [6.45, 7) is 1.59. The molecule has 4 N–H and O–H groups in total. The lowest BCUT2D eigenvalue weighted by Crippen LogP contribution is -2.55. The van der Waals surface area contributed by atoms with Gasteiger partial charge in [-0.2, -0.15) is 0 Å². The number of primary amides is 1. The first-order valence-electron chi connectivity index (χ1n) is 9.46. The molecule has 2 amide bonds. The van der Waals surface area contributed by atoms with Gasteiger partial charge in [0.25, 0.3) is 0 Å². The van der Waals surface area contributed by atoms with Crippen molar-refractivity contribution >= 4 is 18.0 Å². The van der Waals surface area contributed by atoms with Crippen LogP contribution >= 0.6 is 0 Å². The Balaban J connectivity index is 1.67. The van der Waals surface area contributed by atoms with Crippen molar-refractivity contribution in [3.63, 3.8) is 0 Å². The molecule has 29 heavy (non-hydrogen) atoms. The van der Waals surface area contributed by atoms with E-state index in [0.717, 1.165) is 22.3 Å². The summed E-state index contributed by atoms with van der Waals surface area (Å²) < 4.78 is 5.44. The number of carboxylic acid groups (broad SMARTS) is 1. The van der Waals surface area contributed by atoms with Gasteiger partial charge in [0.2, 0.25) is 5.91 Å². The summed E-state index contributed by atoms with van der Waals surface area (Å²) in [4.78, 5) is 34.9. The van der Waals surface area contributed by atoms with Crippen LogP contribution in [0.25, 0.3) is 11.1 Å². The second-order valence-electron chi connectivity index (χ2n) is 7.39. The second-order valence-corrected chi connectivity index (χ2v) is 7.39. The highest BCUT2D eigenvalue weighted by molar-refractivity contribution is 5.88. The molecule has 0 bridgehead atoms. The maximum atomic E-state index is 12.4. The second kappa shape index (κ2) is 8.34. The van der Waals surface area contributed by atoms with Crippen LogP contribution in [0.4, 0.5) is 4.79 Å². The van der Waals surface area contributed by atoms with Crippen LogP contribution in [0.5, 0.6) is 0 Å². The molecular weight excluding hydrogens is 372 g/mol. The number of alkyl carbamates (subject to hydrolysis) is 1. The standard InChI is InChI=1S/C22H24N2O5/c1-22(20(23)27,12-6-11-19(25)26)24-21(28)29-13-18-16-9-4-2-7-14(16)15-8-3-5-10-17(15)18/h2-5,7-10,18H,6,11-13H2,1H3,(H2,23,27)(H,24,28)(H,25,26)/t22-/m0/s1. The van der Waals surface area contributed by atoms with Crippen molar-refractivity contribution in [2.45, 2.75) is 37.6 Å². The molecule has 7 heteroatoms. The number of nitrogens with one attached hydrogen (secondary N) is 1. The number of nitrogens with two attached hydrogens (primary N) is 1. The smallest absolute Gasteiger partial charge is 0.408 e. The Hall–Kier alpha value is -3.35. The van der Waals surface area contributed by atoms with Gasteiger partial charge in [-0.25, -0.2) is 4.79 Å². The molecule has 0 aromatic heterocycles. The Morgan fingerprint density at radius 1 is 1.07 bits per heavy atom. The quantitative estimate of drug-likeness (QED) is 0.634. The average Bonchev–Trinajstić information content (AvgIpc) is 3.00. The number of hydrogen-bond acceptors (Lipinski definition) is 4. The van der Waals surface area contributed by atoms with Gasteiger partial charge in [0.1, 0.15) is 12.1 Å². The maximum absolute atomic E-state index is 12.4. The van der Waals surface area contributed by atoms with Crippen LogP contribution in [0.15, 0.2) is 48.5 Å². The topological polar surface area (TPSA) is 119 Å². The molecule has 0 spiro atoms. The Kier molecular flexibility index (Phi) is 5.87. The van der Waals surface area contributed by atoms with Crippen LogP contribution < -0.4 is 11.1 Å². The van der Waals surface area contributed by atoms with Crippen LogP contribution in [0.3, 0.4) is 0 Å². The fraction of sp³-hybridized carbons (Fsp3) is 0.318. The number of ether oxygens (including phenoxy) is 1. The minimum Gasteiger partial charge on any atom is -0.481 e. The van der Waals surface area contributed by atoms with Crippen molar-refractivity contribution in [2.24, 2.45) is 5.73 Å². The highest BCUT2D eigenvalue weighted by atomic mass is 16.5. The van der Waals surface area contributed by atoms with Crippen LogP contribution in [-0.4, -0.2) is 35.2 Å². The first kappa shape index (κ1) is 20.4. The molecule has 2 aromatic carbocycles. The van der Waals surface area contributed by atoms with E-state index in [4.69, 9.17) is 15.6 Å². The van der Waals surface area contributed by atoms with Crippen molar-refractivity contribution in [2.75, 3.05) is 6.61 Å². The third-order valence-corrected chi connectivity index (χ3v) is 5.33. The summed E-state index contributed by atoms with van der Waals surface area (Å²) in [6, 6.07) is 16.0. The number of amides is 2. The summed E-state index contributed by atoms with van der Waals surface area (Å²) in [5.41, 5.74) is 8.45. The van der Waals surface area contributed by atoms with Crippen LogP contribution in [0.2, 0.25) is 0 Å². The summed E-state index contributed by atoms with van der Waals surface area (Å²) >= 11 is 0. The lowest BCUT2D eigenvalue weighted by Gasteiger charge is -2.27. The van der Waals surface area contributed by atoms with Gasteiger partial charge in [-0.05, 0) is 42.0 Å². The van der Waals surface area contributed by atoms with Crippen molar-refractivity contribution in [3.8, 4) is 11.1 Å². The Morgan fingerprint density at radius 2 is 1.62 bits per heavy atom. The lowest BCUT2D eigenvalue weighted by molar-refractivity contribution is -0.137. The minimum absolute atomic E-state index is 0.0972. The van der Waals surface area contributed by atoms with E-state index in [9.17, 15) is 14.4 Å². The number of aliphatic carboxylic acids is 1. The first-order valence-corrected chi connectivity index (χ1v) is 9.46. The van der Waals surface area contributed by atoms with E-state index in [1.165, 1.54) is 6.92 Å². The molecule has 0 heterocycles. The van der Waals surface area contributed by atoms with E-state index in [2.05, 4.69) is 5.32 Å². The molecule has 0 fully saturated rings. The zero-order valence-electron chi connectivity index (χ0n) is 16.2. The molecule has 3 rings (SSSR count). The molecule has 0 radical (unpaired) electrons. The van der Waals surface area contributed by atoms with Crippen molar-refractivity contribution in [1.29, 1.82) is 0 Å². The van der Waals surface area contributed by atoms with Gasteiger partial charge in [-0.15, -0.1) is 0 Å². The molecule has 0 saturated carbocycles. The predicted molar refractivity (Wildman–Crippen MR) is 107 cm³/mol. The number of rotatable bonds is 8. The fourth-order valence-corrected chi connectivity index (χ4v) is 3.70. The zero-order valence-corrected chi connectivity index (χ0v) is 16.2. The highest BCUT2D eigenvalue weighted by Gasteiger charge is 2.34. The molecule has 0 aliphatic heterocycles. The SMILES string of the molecule is C[C@@](CCCC(=O)O)(NC(=O)OCC1c2ccccc2-c2ccccc21)C(N)=O. The maximum Gasteiger partial charge on any atom is 0.408 e. The van der Waals surface area contributed by atoms with Gasteiger partial charge in [0.05, 0.1) is 0 Å². The van der Waals surface area contributed by atoms with E-state index >= 15 is 0 Å². The molecule has 152 valence electrons. The minimum atomic E-state index is -1.38. The van der Waals surface area contributed by atoms with Crippen molar-refractivity contribution in [3.05, 3.63) is 59.7 Å². The number of hydrogen-bond donors (Lipinski definition) is 3. The van der Waals surface area contributed by atoms with Gasteiger partial charge >= 0.3 is 12.1 Å². The average molecular weight is 396 g/mol. The van der Waals surface area contributed by atoms with Gasteiger partial charge < -0.3 is 20.9 Å². The number of carboxylic acids is 1. The monoisotopic (exact) mass is 396 g/mol. The van der Waals surface area contributed by atoms with Crippen LogP contribution in [0.1, 0.15) is 43.2 Å². The Labute approximate surface area is 168 Å². The van der Waals surface area contributed by atoms with Gasteiger partial charge in [0.15, 0.2) is 0 Å². The van der Waals surface area contributed by atoms with E-state index in [1.807, 2.05) is 48.5 Å². The van der Waals surface area contributed by atoms with Crippen LogP contribution in [0, 0.1) is 0 Å². The van der Waals surface area contributed by atoms with Crippen molar-refractivity contribution in [1.82, 2.24) is 5.32 Å². The predicted octanol–water partition coefficient (Wildman–Crippen LogP) is 3.02. The molecule has 2 aromatic rings. The molecule has 7 nitrogen and oxygen atoms in total. The molecule has 0 saturated heterocycles. The van der Waals surface area contributed by atoms with E-state index in [0.29, 0.717) is 0 Å². The molecule has 0 unspecified atom stereocenters. The molecule has 1 atom stereocenters. The highest BCUT2D eigenvalue weighted by Crippen LogP contribution is 2.44. The fourth-order valence-electron chi connectivity index (χ4n) is 3.70. The third-order valence-electron chi connectivity index (χ3n) is 5.33. The molecular formula is C22H24N2O5. The van der Waals surface area contributed by atoms with Crippen LogP contribution in [-0.2, 0) is 14.3 Å². The lowest BCUT2D eigenvalue weighted by atomic mass is 9.94. The van der Waals surface area contributed by atoms with E-state index < -0.39 is 23.5 Å². The Morgan fingerprint density at radius 3 is 2.14 bits per heavy atom. The van der Waals surface area contributed by atoms with Gasteiger partial charge in [0, 0.05) is 12.3 Å². The molecule has 1 aliphatic carbocycles. The van der Waals surface area contributed by atoms with Crippen molar-refractivity contribution < 1.29 is 24.2 Å². The number of fused-ring (bicyclic) bond motifs is 3. The summed E-state index contributed by atoms with van der Waals surface area (Å²) in [5, 5.41) is 11.3. The normalized spacial score (nSPS) is 14.4. The number of benzene rings is 2. The number of carbonyl (C=O) groups is 3. The third kappa shape index (κ3) is 4.39.